The molecule has 7 heteroatoms. The maximum atomic E-state index is 12.0. The number of nitrogens with one attached hydrogen (secondary N) is 1. The first-order valence-corrected chi connectivity index (χ1v) is 10.9. The third-order valence-corrected chi connectivity index (χ3v) is 6.34. The topological polar surface area (TPSA) is 73.2 Å². The van der Waals surface area contributed by atoms with Gasteiger partial charge in [-0.1, -0.05) is 12.1 Å². The SMILES string of the molecule is COC(=O)CCn1c(C)cc(-c2csc(-c3cccc(NC(=O)C4CC4)c3)n2)c1C. The molecule has 0 aliphatic heterocycles. The van der Waals surface area contributed by atoms with Crippen LogP contribution in [0.3, 0.4) is 0 Å². The number of anilines is 1. The highest BCUT2D eigenvalue weighted by Gasteiger charge is 2.29. The van der Waals surface area contributed by atoms with Gasteiger partial charge in [0.25, 0.3) is 0 Å². The molecule has 0 bridgehead atoms. The number of benzene rings is 1. The number of aryl methyl sites for hydroxylation is 1. The molecule has 3 aromatic rings. The first-order valence-electron chi connectivity index (χ1n) is 10.1. The predicted octanol–water partition coefficient (Wildman–Crippen LogP) is 4.81. The van der Waals surface area contributed by atoms with E-state index < -0.39 is 0 Å². The van der Waals surface area contributed by atoms with Crippen LogP contribution in [0.15, 0.2) is 35.7 Å². The molecule has 0 atom stereocenters. The van der Waals surface area contributed by atoms with Gasteiger partial charge in [0.1, 0.15) is 5.01 Å². The molecule has 1 fully saturated rings. The largest absolute Gasteiger partial charge is 0.469 e. The van der Waals surface area contributed by atoms with E-state index in [1.54, 1.807) is 11.3 Å². The van der Waals surface area contributed by atoms with Gasteiger partial charge in [-0.05, 0) is 44.9 Å². The number of aromatic nitrogens is 2. The van der Waals surface area contributed by atoms with E-state index in [0.29, 0.717) is 13.0 Å². The van der Waals surface area contributed by atoms with E-state index in [9.17, 15) is 9.59 Å². The minimum atomic E-state index is -0.214. The van der Waals surface area contributed by atoms with Crippen molar-refractivity contribution in [2.75, 3.05) is 12.4 Å². The van der Waals surface area contributed by atoms with Gasteiger partial charge in [-0.15, -0.1) is 11.3 Å². The molecular formula is C23H25N3O3S. The molecule has 156 valence electrons. The Morgan fingerprint density at radius 2 is 2.07 bits per heavy atom. The van der Waals surface area contributed by atoms with Crippen molar-refractivity contribution in [2.45, 2.75) is 39.7 Å². The van der Waals surface area contributed by atoms with E-state index in [0.717, 1.165) is 51.7 Å². The maximum Gasteiger partial charge on any atom is 0.307 e. The van der Waals surface area contributed by atoms with Crippen molar-refractivity contribution < 1.29 is 14.3 Å². The first kappa shape index (κ1) is 20.3. The molecule has 0 spiro atoms. The number of carbonyl (C=O) groups is 2. The van der Waals surface area contributed by atoms with Crippen LogP contribution in [0.25, 0.3) is 21.8 Å². The lowest BCUT2D eigenvalue weighted by Crippen LogP contribution is -2.13. The molecule has 1 aliphatic rings. The van der Waals surface area contributed by atoms with E-state index >= 15 is 0 Å². The smallest absolute Gasteiger partial charge is 0.307 e. The number of hydrogen-bond donors (Lipinski definition) is 1. The van der Waals surface area contributed by atoms with Crippen molar-refractivity contribution in [1.82, 2.24) is 9.55 Å². The lowest BCUT2D eigenvalue weighted by molar-refractivity contribution is -0.140. The van der Waals surface area contributed by atoms with Gasteiger partial charge in [-0.3, -0.25) is 9.59 Å². The van der Waals surface area contributed by atoms with Crippen LogP contribution >= 0.6 is 11.3 Å². The van der Waals surface area contributed by atoms with Crippen LogP contribution in [0.4, 0.5) is 5.69 Å². The minimum absolute atomic E-state index is 0.103. The number of amides is 1. The quantitative estimate of drug-likeness (QED) is 0.554. The monoisotopic (exact) mass is 423 g/mol. The number of methoxy groups -OCH3 is 1. The number of nitrogens with zero attached hydrogens (tertiary/aromatic N) is 2. The molecule has 2 aromatic heterocycles. The van der Waals surface area contributed by atoms with Gasteiger partial charge >= 0.3 is 5.97 Å². The highest BCUT2D eigenvalue weighted by atomic mass is 32.1. The van der Waals surface area contributed by atoms with Gasteiger partial charge < -0.3 is 14.6 Å². The zero-order valence-electron chi connectivity index (χ0n) is 17.4. The predicted molar refractivity (Wildman–Crippen MR) is 118 cm³/mol. The van der Waals surface area contributed by atoms with E-state index in [1.165, 1.54) is 7.11 Å². The number of esters is 1. The number of hydrogen-bond acceptors (Lipinski definition) is 5. The van der Waals surface area contributed by atoms with Crippen LogP contribution in [0.5, 0.6) is 0 Å². The van der Waals surface area contributed by atoms with Gasteiger partial charge in [0.15, 0.2) is 0 Å². The van der Waals surface area contributed by atoms with Crippen molar-refractivity contribution in [3.8, 4) is 21.8 Å². The molecule has 4 rings (SSSR count). The van der Waals surface area contributed by atoms with Crippen LogP contribution in [-0.4, -0.2) is 28.5 Å². The third kappa shape index (κ3) is 4.31. The minimum Gasteiger partial charge on any atom is -0.469 e. The average Bonchev–Trinajstić information content (AvgIpc) is 3.42. The fourth-order valence-corrected chi connectivity index (χ4v) is 4.38. The molecular weight excluding hydrogens is 398 g/mol. The number of thiazole rings is 1. The summed E-state index contributed by atoms with van der Waals surface area (Å²) in [6.07, 6.45) is 2.31. The molecule has 1 amide bonds. The Labute approximate surface area is 179 Å². The van der Waals surface area contributed by atoms with Crippen LogP contribution in [0, 0.1) is 19.8 Å². The molecule has 1 saturated carbocycles. The molecule has 0 saturated heterocycles. The van der Waals surface area contributed by atoms with Gasteiger partial charge in [0.2, 0.25) is 5.91 Å². The zero-order valence-corrected chi connectivity index (χ0v) is 18.2. The zero-order chi connectivity index (χ0) is 21.3. The Kier molecular flexibility index (Phi) is 5.72. The maximum absolute atomic E-state index is 12.0. The Bertz CT molecular complexity index is 1100. The Balaban J connectivity index is 1.54. The Hall–Kier alpha value is -2.93. The van der Waals surface area contributed by atoms with Gasteiger partial charge in [-0.25, -0.2) is 4.98 Å². The fraction of sp³-hybridized carbons (Fsp3) is 0.348. The van der Waals surface area contributed by atoms with E-state index in [1.807, 2.05) is 38.1 Å². The molecule has 0 radical (unpaired) electrons. The highest BCUT2D eigenvalue weighted by Crippen LogP contribution is 2.34. The van der Waals surface area contributed by atoms with E-state index in [2.05, 4.69) is 21.3 Å². The third-order valence-electron chi connectivity index (χ3n) is 5.45. The van der Waals surface area contributed by atoms with Crippen LogP contribution in [0.1, 0.15) is 30.7 Å². The lowest BCUT2D eigenvalue weighted by Gasteiger charge is -2.08. The van der Waals surface area contributed by atoms with Crippen LogP contribution < -0.4 is 5.32 Å². The molecule has 0 unspecified atom stereocenters. The first-order chi connectivity index (χ1) is 14.5. The molecule has 6 nitrogen and oxygen atoms in total. The van der Waals surface area contributed by atoms with Crippen molar-refractivity contribution in [3.63, 3.8) is 0 Å². The highest BCUT2D eigenvalue weighted by molar-refractivity contribution is 7.13. The lowest BCUT2D eigenvalue weighted by atomic mass is 10.2. The van der Waals surface area contributed by atoms with Crippen molar-refractivity contribution in [1.29, 1.82) is 0 Å². The van der Waals surface area contributed by atoms with Crippen LogP contribution in [0.2, 0.25) is 0 Å². The summed E-state index contributed by atoms with van der Waals surface area (Å²) in [5.41, 5.74) is 5.95. The van der Waals surface area contributed by atoms with Crippen molar-refractivity contribution in [2.24, 2.45) is 5.92 Å². The number of carbonyl (C=O) groups excluding carboxylic acids is 2. The number of rotatable bonds is 7. The summed E-state index contributed by atoms with van der Waals surface area (Å²) in [4.78, 5) is 28.4. The second-order valence-electron chi connectivity index (χ2n) is 7.64. The summed E-state index contributed by atoms with van der Waals surface area (Å²) < 4.78 is 6.88. The van der Waals surface area contributed by atoms with Gasteiger partial charge in [0.05, 0.1) is 19.2 Å². The Morgan fingerprint density at radius 1 is 1.27 bits per heavy atom. The van der Waals surface area contributed by atoms with E-state index in [-0.39, 0.29) is 17.8 Å². The van der Waals surface area contributed by atoms with Crippen molar-refractivity contribution >= 4 is 28.9 Å². The fourth-order valence-electron chi connectivity index (χ4n) is 3.56. The standard InChI is InChI=1S/C23H25N3O3S/c1-14-11-19(15(2)26(14)10-9-21(27)29-3)20-13-30-23(25-20)17-5-4-6-18(12-17)24-22(28)16-7-8-16/h4-6,11-13,16H,7-10H2,1-3H3,(H,24,28). The van der Waals surface area contributed by atoms with E-state index in [4.69, 9.17) is 9.72 Å². The second kappa shape index (κ2) is 8.44. The normalized spacial score (nSPS) is 13.3. The van der Waals surface area contributed by atoms with Crippen molar-refractivity contribution in [3.05, 3.63) is 47.1 Å². The molecule has 1 N–H and O–H groups in total. The molecule has 1 aliphatic carbocycles. The number of ether oxygens (including phenoxy) is 1. The molecule has 1 aromatic carbocycles. The molecule has 2 heterocycles. The summed E-state index contributed by atoms with van der Waals surface area (Å²) in [5, 5.41) is 5.96. The summed E-state index contributed by atoms with van der Waals surface area (Å²) in [6.45, 7) is 4.67. The Morgan fingerprint density at radius 3 is 2.80 bits per heavy atom. The van der Waals surface area contributed by atoms with Crippen LogP contribution in [-0.2, 0) is 20.9 Å². The second-order valence-corrected chi connectivity index (χ2v) is 8.50. The summed E-state index contributed by atoms with van der Waals surface area (Å²) in [5.74, 6) is 0.0644. The summed E-state index contributed by atoms with van der Waals surface area (Å²) in [7, 11) is 1.41. The average molecular weight is 424 g/mol. The summed E-state index contributed by atoms with van der Waals surface area (Å²) in [6, 6.07) is 9.94. The van der Waals surface area contributed by atoms with Gasteiger partial charge in [0, 0.05) is 46.0 Å². The summed E-state index contributed by atoms with van der Waals surface area (Å²) >= 11 is 1.58. The van der Waals surface area contributed by atoms with Gasteiger partial charge in [-0.2, -0.15) is 0 Å². The molecule has 30 heavy (non-hydrogen) atoms.